The van der Waals surface area contributed by atoms with Crippen LogP contribution in [0.2, 0.25) is 0 Å². The number of hydrogen-bond acceptors (Lipinski definition) is 3. The molecule has 1 aliphatic rings. The van der Waals surface area contributed by atoms with Crippen LogP contribution in [0.4, 0.5) is 0 Å². The van der Waals surface area contributed by atoms with Crippen LogP contribution in [-0.2, 0) is 0 Å². The van der Waals surface area contributed by atoms with Crippen molar-refractivity contribution >= 4 is 24.5 Å². The molecule has 5 heteroatoms. The van der Waals surface area contributed by atoms with Gasteiger partial charge in [-0.05, 0) is 4.99 Å². The molecule has 0 atom stereocenters. The van der Waals surface area contributed by atoms with Crippen LogP contribution in [0, 0.1) is 5.21 Å². The molecule has 0 N–H and O–H groups in total. The van der Waals surface area contributed by atoms with Crippen LogP contribution in [-0.4, -0.2) is 28.5 Å². The highest BCUT2D eigenvalue weighted by molar-refractivity contribution is 6.19. The van der Waals surface area contributed by atoms with Crippen molar-refractivity contribution in [1.82, 2.24) is 4.42 Å². The molecule has 0 spiro atoms. The molecule has 0 aromatic heterocycles. The zero-order chi connectivity index (χ0) is 5.98. The average Bonchev–Trinajstić information content (AvgIpc) is 1.64. The zero-order valence-electron chi connectivity index (χ0n) is 3.99. The van der Waals surface area contributed by atoms with Crippen LogP contribution in [0.5, 0.6) is 0 Å². The fourth-order valence-corrected chi connectivity index (χ4v) is 0.538. The van der Waals surface area contributed by atoms with E-state index in [1.165, 1.54) is 17.1 Å². The molecular formula is C3H4ClN3O. The van der Waals surface area contributed by atoms with E-state index in [0.717, 1.165) is 0 Å². The van der Waals surface area contributed by atoms with E-state index in [-0.39, 0.29) is 6.67 Å². The van der Waals surface area contributed by atoms with Gasteiger partial charge in [-0.15, -0.1) is 0 Å². The van der Waals surface area contributed by atoms with Crippen molar-refractivity contribution in [1.29, 1.82) is 0 Å². The van der Waals surface area contributed by atoms with Crippen LogP contribution < -0.4 is 0 Å². The van der Waals surface area contributed by atoms with E-state index < -0.39 is 0 Å². The molecular weight excluding hydrogens is 130 g/mol. The van der Waals surface area contributed by atoms with E-state index in [4.69, 9.17) is 11.8 Å². The summed E-state index contributed by atoms with van der Waals surface area (Å²) in [4.78, 5) is 3.50. The Morgan fingerprint density at radius 2 is 2.62 bits per heavy atom. The minimum Gasteiger partial charge on any atom is -0.714 e. The van der Waals surface area contributed by atoms with E-state index in [1.54, 1.807) is 0 Å². The van der Waals surface area contributed by atoms with Crippen molar-refractivity contribution in [2.45, 2.75) is 0 Å². The normalized spacial score (nSPS) is 18.6. The third-order valence-electron chi connectivity index (χ3n) is 0.662. The Bertz CT molecular complexity index is 143. The van der Waals surface area contributed by atoms with Gasteiger partial charge in [0, 0.05) is 11.8 Å². The van der Waals surface area contributed by atoms with Gasteiger partial charge in [-0.2, -0.15) is 0 Å². The maximum absolute atomic E-state index is 10.3. The van der Waals surface area contributed by atoms with Crippen LogP contribution in [0.15, 0.2) is 4.99 Å². The van der Waals surface area contributed by atoms with Gasteiger partial charge < -0.3 is 5.21 Å². The Hall–Kier alpha value is -0.770. The maximum atomic E-state index is 10.3. The molecule has 0 bridgehead atoms. The van der Waals surface area contributed by atoms with E-state index >= 15 is 0 Å². The van der Waals surface area contributed by atoms with Gasteiger partial charge in [0.2, 0.25) is 6.34 Å². The molecule has 8 heavy (non-hydrogen) atoms. The first-order chi connectivity index (χ1) is 3.79. The van der Waals surface area contributed by atoms with Gasteiger partial charge in [-0.1, -0.05) is 0 Å². The Morgan fingerprint density at radius 1 is 1.88 bits per heavy atom. The van der Waals surface area contributed by atoms with E-state index in [9.17, 15) is 5.21 Å². The third-order valence-corrected chi connectivity index (χ3v) is 0.856. The molecule has 0 unspecified atom stereocenters. The number of halogens is 1. The lowest BCUT2D eigenvalue weighted by Gasteiger charge is -2.12. The second kappa shape index (κ2) is 2.00. The topological polar surface area (TPSA) is 41.7 Å². The molecule has 1 aliphatic heterocycles. The highest BCUT2D eigenvalue weighted by atomic mass is 35.5. The summed E-state index contributed by atoms with van der Waals surface area (Å²) in [7, 11) is 0. The fraction of sp³-hybridized carbons (Fsp3) is 0.333. The second-order valence-corrected chi connectivity index (χ2v) is 1.77. The van der Waals surface area contributed by atoms with Crippen molar-refractivity contribution in [3.8, 4) is 0 Å². The molecule has 0 fully saturated rings. The lowest BCUT2D eigenvalue weighted by Crippen LogP contribution is -2.24. The summed E-state index contributed by atoms with van der Waals surface area (Å²) in [5.41, 5.74) is 0. The summed E-state index contributed by atoms with van der Waals surface area (Å²) in [5.74, 6) is 0. The molecule has 0 radical (unpaired) electrons. The quantitative estimate of drug-likeness (QED) is 0.265. The van der Waals surface area contributed by atoms with Gasteiger partial charge in [0.15, 0.2) is 6.67 Å². The van der Waals surface area contributed by atoms with E-state index in [2.05, 4.69) is 4.99 Å². The summed E-state index contributed by atoms with van der Waals surface area (Å²) in [6, 6.07) is 0. The van der Waals surface area contributed by atoms with Crippen LogP contribution in [0.3, 0.4) is 0 Å². The second-order valence-electron chi connectivity index (χ2n) is 1.34. The van der Waals surface area contributed by atoms with Gasteiger partial charge in [-0.3, -0.25) is 4.74 Å². The number of aliphatic imine (C=N–C) groups is 1. The monoisotopic (exact) mass is 133 g/mol. The lowest BCUT2D eigenvalue weighted by atomic mass is 10.9. The fourth-order valence-electron chi connectivity index (χ4n) is 0.383. The molecule has 1 heterocycles. The SMILES string of the molecule is [O-][N+]1=CN=CN(Cl)C1. The van der Waals surface area contributed by atoms with E-state index in [0.29, 0.717) is 4.74 Å². The van der Waals surface area contributed by atoms with E-state index in [1.807, 2.05) is 0 Å². The Kier molecular flexibility index (Phi) is 1.34. The van der Waals surface area contributed by atoms with Crippen molar-refractivity contribution in [2.24, 2.45) is 4.99 Å². The molecule has 1 rings (SSSR count). The van der Waals surface area contributed by atoms with Gasteiger partial charge in [0.1, 0.15) is 0 Å². The summed E-state index contributed by atoms with van der Waals surface area (Å²) < 4.78 is 1.81. The van der Waals surface area contributed by atoms with Gasteiger partial charge in [-0.25, -0.2) is 4.42 Å². The standard InChI is InChI=1S/C3H4ClN3O/c4-6-1-5-2-7(8)3-6/h1-2H,3H2. The molecule has 4 nitrogen and oxygen atoms in total. The molecule has 0 aromatic carbocycles. The molecule has 0 saturated heterocycles. The highest BCUT2D eigenvalue weighted by Crippen LogP contribution is 1.91. The predicted octanol–water partition coefficient (Wildman–Crippen LogP) is -0.0198. The zero-order valence-corrected chi connectivity index (χ0v) is 4.75. The average molecular weight is 134 g/mol. The molecule has 0 aliphatic carbocycles. The number of hydrogen-bond donors (Lipinski definition) is 0. The Labute approximate surface area is 51.4 Å². The third kappa shape index (κ3) is 1.10. The van der Waals surface area contributed by atoms with Crippen molar-refractivity contribution in [3.63, 3.8) is 0 Å². The van der Waals surface area contributed by atoms with Crippen molar-refractivity contribution in [3.05, 3.63) is 5.21 Å². The molecule has 0 amide bonds. The summed E-state index contributed by atoms with van der Waals surface area (Å²) in [6.07, 6.45) is 2.54. The lowest BCUT2D eigenvalue weighted by molar-refractivity contribution is -0.469. The summed E-state index contributed by atoms with van der Waals surface area (Å²) in [6.45, 7) is 0.144. The predicted molar refractivity (Wildman–Crippen MR) is 30.7 cm³/mol. The van der Waals surface area contributed by atoms with Crippen LogP contribution in [0.1, 0.15) is 0 Å². The first kappa shape index (κ1) is 5.37. The van der Waals surface area contributed by atoms with Crippen LogP contribution >= 0.6 is 11.8 Å². The van der Waals surface area contributed by atoms with Gasteiger partial charge in [0.05, 0.1) is 0 Å². The minimum absolute atomic E-state index is 0.144. The largest absolute Gasteiger partial charge is 0.714 e. The molecule has 44 valence electrons. The van der Waals surface area contributed by atoms with Gasteiger partial charge >= 0.3 is 0 Å². The first-order valence-electron chi connectivity index (χ1n) is 2.02. The van der Waals surface area contributed by atoms with Crippen LogP contribution in [0.25, 0.3) is 0 Å². The van der Waals surface area contributed by atoms with Crippen molar-refractivity contribution in [2.75, 3.05) is 6.67 Å². The summed E-state index contributed by atoms with van der Waals surface area (Å²) >= 11 is 5.33. The maximum Gasteiger partial charge on any atom is 0.287 e. The molecule has 0 aromatic rings. The molecule has 0 saturated carbocycles. The highest BCUT2D eigenvalue weighted by Gasteiger charge is 2.02. The number of rotatable bonds is 0. The van der Waals surface area contributed by atoms with Crippen molar-refractivity contribution < 1.29 is 4.74 Å². The number of hydroxylamine groups is 1. The smallest absolute Gasteiger partial charge is 0.287 e. The van der Waals surface area contributed by atoms with Gasteiger partial charge in [0.25, 0.3) is 6.34 Å². The summed E-state index contributed by atoms with van der Waals surface area (Å²) in [5, 5.41) is 10.3. The number of nitrogens with zero attached hydrogens (tertiary/aromatic N) is 3. The Morgan fingerprint density at radius 3 is 3.00 bits per heavy atom. The first-order valence-corrected chi connectivity index (χ1v) is 2.35. The Balaban J connectivity index is 2.59. The minimum atomic E-state index is 0.144.